The van der Waals surface area contributed by atoms with E-state index < -0.39 is 0 Å². The minimum Gasteiger partial charge on any atom is -0.454 e. The fourth-order valence-corrected chi connectivity index (χ4v) is 10.8. The van der Waals surface area contributed by atoms with Crippen LogP contribution in [0.2, 0.25) is 0 Å². The van der Waals surface area contributed by atoms with Crippen molar-refractivity contribution < 1.29 is 13.6 Å². The van der Waals surface area contributed by atoms with Crippen LogP contribution in [0.1, 0.15) is 47.3 Å². The SMILES string of the molecule is N#Cc1c(C#N)c(N(c2ccccc2-c2ccccc2)c2cccc3c2oc2ccccc23)c2c(c1N(c1ccccc1-c1ccccc1)c1cccc3c1oc1ccccc13)C1CCC2O1. The molecule has 4 heterocycles. The summed E-state index contributed by atoms with van der Waals surface area (Å²) < 4.78 is 20.7. The third-order valence-electron chi connectivity index (χ3n) is 13.6. The molecule has 9 aromatic carbocycles. The lowest BCUT2D eigenvalue weighted by Crippen LogP contribution is -2.22. The molecule has 316 valence electrons. The molecule has 11 aromatic rings. The fraction of sp³-hybridized carbons (Fsp3) is 0.0667. The molecular weight excluding hydrogens is 825 g/mol. The highest BCUT2D eigenvalue weighted by Crippen LogP contribution is 2.63. The summed E-state index contributed by atoms with van der Waals surface area (Å²) in [7, 11) is 0. The molecule has 0 spiro atoms. The van der Waals surface area contributed by atoms with Crippen LogP contribution in [0.25, 0.3) is 66.1 Å². The van der Waals surface area contributed by atoms with Gasteiger partial charge in [-0.1, -0.05) is 158 Å². The second-order valence-corrected chi connectivity index (χ2v) is 17.1. The van der Waals surface area contributed by atoms with Crippen LogP contribution in [0.5, 0.6) is 0 Å². The van der Waals surface area contributed by atoms with Crippen molar-refractivity contribution in [1.82, 2.24) is 0 Å². The van der Waals surface area contributed by atoms with Gasteiger partial charge in [-0.3, -0.25) is 0 Å². The number of rotatable bonds is 8. The number of fused-ring (bicyclic) bond motifs is 11. The summed E-state index contributed by atoms with van der Waals surface area (Å²) in [6, 6.07) is 70.9. The molecule has 0 N–H and O–H groups in total. The third kappa shape index (κ3) is 5.86. The zero-order valence-corrected chi connectivity index (χ0v) is 36.1. The topological polar surface area (TPSA) is 89.6 Å². The summed E-state index contributed by atoms with van der Waals surface area (Å²) in [4.78, 5) is 4.34. The molecule has 2 bridgehead atoms. The van der Waals surface area contributed by atoms with E-state index in [0.717, 1.165) is 102 Å². The van der Waals surface area contributed by atoms with E-state index in [1.807, 2.05) is 109 Å². The van der Waals surface area contributed by atoms with Gasteiger partial charge in [-0.2, -0.15) is 10.5 Å². The van der Waals surface area contributed by atoms with Crippen LogP contribution in [-0.2, 0) is 4.74 Å². The van der Waals surface area contributed by atoms with Gasteiger partial charge in [0, 0.05) is 43.8 Å². The number of benzene rings is 9. The van der Waals surface area contributed by atoms with Crippen molar-refractivity contribution in [2.24, 2.45) is 0 Å². The quantitative estimate of drug-likeness (QED) is 0.150. The molecule has 2 aliphatic heterocycles. The highest BCUT2D eigenvalue weighted by molar-refractivity contribution is 6.13. The molecule has 0 saturated carbocycles. The second kappa shape index (κ2) is 15.4. The summed E-state index contributed by atoms with van der Waals surface area (Å²) in [5, 5.41) is 27.7. The summed E-state index contributed by atoms with van der Waals surface area (Å²) in [5.74, 6) is 0. The van der Waals surface area contributed by atoms with Crippen molar-refractivity contribution in [3.05, 3.63) is 216 Å². The van der Waals surface area contributed by atoms with Crippen LogP contribution in [0.15, 0.2) is 203 Å². The first kappa shape index (κ1) is 38.6. The van der Waals surface area contributed by atoms with Gasteiger partial charge in [0.15, 0.2) is 11.2 Å². The van der Waals surface area contributed by atoms with Crippen molar-refractivity contribution >= 4 is 78.0 Å². The molecule has 0 radical (unpaired) electrons. The summed E-state index contributed by atoms with van der Waals surface area (Å²) in [6.07, 6.45) is 0.791. The number of nitriles is 2. The Bertz CT molecular complexity index is 3610. The predicted molar refractivity (Wildman–Crippen MR) is 266 cm³/mol. The Morgan fingerprint density at radius 2 is 0.761 bits per heavy atom. The zero-order valence-electron chi connectivity index (χ0n) is 36.1. The van der Waals surface area contributed by atoms with Gasteiger partial charge in [-0.25, -0.2) is 0 Å². The van der Waals surface area contributed by atoms with Crippen LogP contribution in [0.3, 0.4) is 0 Å². The van der Waals surface area contributed by atoms with Gasteiger partial charge in [0.05, 0.1) is 57.5 Å². The van der Waals surface area contributed by atoms with Crippen LogP contribution in [-0.4, -0.2) is 0 Å². The fourth-order valence-electron chi connectivity index (χ4n) is 10.8. The molecule has 7 nitrogen and oxygen atoms in total. The van der Waals surface area contributed by atoms with Crippen LogP contribution >= 0.6 is 0 Å². The van der Waals surface area contributed by atoms with Crippen LogP contribution in [0, 0.1) is 22.7 Å². The molecule has 7 heteroatoms. The number of nitrogens with zero attached hydrogens (tertiary/aromatic N) is 4. The standard InChI is InChI=1S/C60H38N4O3/c61-35-45-46(36-62)58(64(48-28-12-8-22-40(48)38-19-5-2-6-20-38)50-30-16-26-44-42-24-10-14-32-52(42)67-60(44)50)56-54-34-33-53(65-54)55(56)57(45)63(47-27-11-7-21-39(47)37-17-3-1-4-18-37)49-29-15-25-43-41-23-9-13-31-51(41)66-59(43)49/h1-32,53-54H,33-34H2. The zero-order chi connectivity index (χ0) is 44.6. The lowest BCUT2D eigenvalue weighted by molar-refractivity contribution is 0.0720. The van der Waals surface area contributed by atoms with Gasteiger partial charge in [0.2, 0.25) is 0 Å². The minimum atomic E-state index is -0.358. The molecular formula is C60H38N4O3. The maximum atomic E-state index is 11.9. The summed E-state index contributed by atoms with van der Waals surface area (Å²) >= 11 is 0. The van der Waals surface area contributed by atoms with Gasteiger partial charge < -0.3 is 23.4 Å². The monoisotopic (exact) mass is 862 g/mol. The van der Waals surface area contributed by atoms with Crippen LogP contribution in [0.4, 0.5) is 34.1 Å². The lowest BCUT2D eigenvalue weighted by atomic mass is 9.82. The molecule has 0 aliphatic carbocycles. The number of para-hydroxylation sites is 6. The first-order chi connectivity index (χ1) is 33.2. The number of hydrogen-bond acceptors (Lipinski definition) is 7. The number of ether oxygens (including phenoxy) is 1. The van der Waals surface area contributed by atoms with Gasteiger partial charge in [0.25, 0.3) is 0 Å². The van der Waals surface area contributed by atoms with Crippen molar-refractivity contribution in [1.29, 1.82) is 10.5 Å². The smallest absolute Gasteiger partial charge is 0.159 e. The molecule has 13 rings (SSSR count). The molecule has 2 aromatic heterocycles. The number of furan rings is 2. The maximum Gasteiger partial charge on any atom is 0.159 e. The predicted octanol–water partition coefficient (Wildman–Crippen LogP) is 16.4. The van der Waals surface area contributed by atoms with E-state index in [0.29, 0.717) is 22.5 Å². The molecule has 2 unspecified atom stereocenters. The molecule has 2 aliphatic rings. The Balaban J connectivity index is 1.18. The van der Waals surface area contributed by atoms with Crippen molar-refractivity contribution in [2.45, 2.75) is 25.0 Å². The summed E-state index contributed by atoms with van der Waals surface area (Å²) in [6.45, 7) is 0. The average molecular weight is 863 g/mol. The summed E-state index contributed by atoms with van der Waals surface area (Å²) in [5.41, 5.74) is 13.4. The minimum absolute atomic E-state index is 0.238. The first-order valence-corrected chi connectivity index (χ1v) is 22.6. The Labute approximate surface area is 386 Å². The third-order valence-corrected chi connectivity index (χ3v) is 13.6. The maximum absolute atomic E-state index is 11.9. The Morgan fingerprint density at radius 1 is 0.388 bits per heavy atom. The van der Waals surface area contributed by atoms with E-state index in [1.165, 1.54) is 0 Å². The molecule has 1 saturated heterocycles. The van der Waals surface area contributed by atoms with Crippen molar-refractivity contribution in [3.8, 4) is 34.4 Å². The van der Waals surface area contributed by atoms with Crippen molar-refractivity contribution in [3.63, 3.8) is 0 Å². The number of anilines is 6. The molecule has 1 fully saturated rings. The normalized spacial score (nSPS) is 15.0. The Kier molecular flexibility index (Phi) is 8.86. The first-order valence-electron chi connectivity index (χ1n) is 22.6. The van der Waals surface area contributed by atoms with Gasteiger partial charge >= 0.3 is 0 Å². The van der Waals surface area contributed by atoms with Gasteiger partial charge in [-0.05, 0) is 60.4 Å². The second-order valence-electron chi connectivity index (χ2n) is 17.1. The molecule has 2 atom stereocenters. The largest absolute Gasteiger partial charge is 0.454 e. The Morgan fingerprint density at radius 3 is 1.21 bits per heavy atom. The van der Waals surface area contributed by atoms with E-state index in [-0.39, 0.29) is 23.3 Å². The number of hydrogen-bond donors (Lipinski definition) is 0. The van der Waals surface area contributed by atoms with Gasteiger partial charge in [-0.15, -0.1) is 0 Å². The van der Waals surface area contributed by atoms with Crippen molar-refractivity contribution in [2.75, 3.05) is 9.80 Å². The van der Waals surface area contributed by atoms with E-state index in [4.69, 9.17) is 13.6 Å². The molecule has 0 amide bonds. The van der Waals surface area contributed by atoms with E-state index in [9.17, 15) is 10.5 Å². The average Bonchev–Trinajstić information content (AvgIpc) is 4.20. The Hall–Kier alpha value is -8.88. The highest BCUT2D eigenvalue weighted by Gasteiger charge is 2.47. The van der Waals surface area contributed by atoms with Gasteiger partial charge in [0.1, 0.15) is 23.3 Å². The lowest BCUT2D eigenvalue weighted by Gasteiger charge is -2.36. The van der Waals surface area contributed by atoms with E-state index in [2.05, 4.69) is 107 Å². The highest BCUT2D eigenvalue weighted by atomic mass is 16.5. The molecule has 67 heavy (non-hydrogen) atoms. The van der Waals surface area contributed by atoms with Crippen LogP contribution < -0.4 is 9.80 Å². The van der Waals surface area contributed by atoms with E-state index in [1.54, 1.807) is 0 Å². The van der Waals surface area contributed by atoms with E-state index >= 15 is 0 Å².